The molecule has 2 rings (SSSR count). The average Bonchev–Trinajstić information content (AvgIpc) is 2.94. The molecule has 0 saturated carbocycles. The molecule has 1 heterocycles. The fourth-order valence-corrected chi connectivity index (χ4v) is 2.89. The molecule has 0 aromatic heterocycles. The second-order valence-corrected chi connectivity index (χ2v) is 6.12. The Morgan fingerprint density at radius 1 is 1.52 bits per heavy atom. The summed E-state index contributed by atoms with van der Waals surface area (Å²) >= 11 is 5.48. The van der Waals surface area contributed by atoms with Crippen LogP contribution >= 0.6 is 12.2 Å². The lowest BCUT2D eigenvalue weighted by Crippen LogP contribution is -2.49. The molecule has 0 aliphatic carbocycles. The van der Waals surface area contributed by atoms with Crippen LogP contribution in [0.5, 0.6) is 0 Å². The molecule has 4 nitrogen and oxygen atoms in total. The van der Waals surface area contributed by atoms with Gasteiger partial charge in [0.1, 0.15) is 7.85 Å². The van der Waals surface area contributed by atoms with Gasteiger partial charge in [-0.2, -0.15) is 0 Å². The number of amides is 1. The van der Waals surface area contributed by atoms with Gasteiger partial charge in [-0.05, 0) is 25.3 Å². The molecule has 0 radical (unpaired) electrons. The van der Waals surface area contributed by atoms with E-state index in [0.29, 0.717) is 6.54 Å². The predicted octanol–water partition coefficient (Wildman–Crippen LogP) is -0.300. The molecule has 2 atom stereocenters. The molecule has 0 bridgehead atoms. The zero-order valence-corrected chi connectivity index (χ0v) is 13.5. The van der Waals surface area contributed by atoms with Crippen LogP contribution in [0, 0.1) is 0 Å². The third kappa shape index (κ3) is 4.05. The lowest BCUT2D eigenvalue weighted by Gasteiger charge is -2.27. The first-order valence-electron chi connectivity index (χ1n) is 7.38. The molecule has 1 aromatic rings. The number of rotatable bonds is 4. The lowest BCUT2D eigenvalue weighted by molar-refractivity contribution is -0.131. The molecule has 6 heteroatoms. The Morgan fingerprint density at radius 3 is 2.81 bits per heavy atom. The van der Waals surface area contributed by atoms with Gasteiger partial charge in [-0.15, -0.1) is 0 Å². The van der Waals surface area contributed by atoms with Crippen LogP contribution < -0.4 is 16.5 Å². The minimum Gasteiger partial charge on any atom is -0.374 e. The number of carbonyl (C=O) groups is 1. The minimum absolute atomic E-state index is 0.0102. The van der Waals surface area contributed by atoms with Gasteiger partial charge in [-0.3, -0.25) is 4.79 Å². The van der Waals surface area contributed by atoms with Crippen molar-refractivity contribution < 1.29 is 4.79 Å². The molecule has 21 heavy (non-hydrogen) atoms. The summed E-state index contributed by atoms with van der Waals surface area (Å²) in [7, 11) is 2.07. The quantitative estimate of drug-likeness (QED) is 0.592. The monoisotopic (exact) mass is 303 g/mol. The van der Waals surface area contributed by atoms with E-state index >= 15 is 0 Å². The second kappa shape index (κ2) is 7.05. The summed E-state index contributed by atoms with van der Waals surface area (Å²) in [4.78, 5) is 14.6. The van der Waals surface area contributed by atoms with E-state index in [1.807, 2.05) is 4.90 Å². The third-order valence-corrected chi connectivity index (χ3v) is 4.23. The fourth-order valence-electron chi connectivity index (χ4n) is 2.58. The van der Waals surface area contributed by atoms with Crippen LogP contribution in [0.3, 0.4) is 0 Å². The summed E-state index contributed by atoms with van der Waals surface area (Å²) in [5, 5.41) is 3.28. The van der Waals surface area contributed by atoms with Crippen molar-refractivity contribution >= 4 is 36.4 Å². The maximum absolute atomic E-state index is 12.1. The molecule has 112 valence electrons. The topological polar surface area (TPSA) is 58.4 Å². The number of nitrogens with two attached hydrogens (primary N) is 1. The van der Waals surface area contributed by atoms with Gasteiger partial charge in [0.15, 0.2) is 0 Å². The molecule has 1 amide bonds. The van der Waals surface area contributed by atoms with E-state index in [1.54, 1.807) is 6.92 Å². The van der Waals surface area contributed by atoms with Crippen molar-refractivity contribution in [3.8, 4) is 0 Å². The summed E-state index contributed by atoms with van der Waals surface area (Å²) in [6.45, 7) is 3.16. The van der Waals surface area contributed by atoms with Gasteiger partial charge in [0.25, 0.3) is 0 Å². The number of hydrogen-bond acceptors (Lipinski definition) is 3. The van der Waals surface area contributed by atoms with Crippen molar-refractivity contribution in [2.45, 2.75) is 38.4 Å². The highest BCUT2D eigenvalue weighted by atomic mass is 32.1. The van der Waals surface area contributed by atoms with Crippen molar-refractivity contribution in [2.75, 3.05) is 6.54 Å². The summed E-state index contributed by atoms with van der Waals surface area (Å²) in [5.74, 6) is -0.0167. The van der Waals surface area contributed by atoms with Gasteiger partial charge >= 0.3 is 0 Å². The van der Waals surface area contributed by atoms with E-state index in [2.05, 4.69) is 37.4 Å². The Hall–Kier alpha value is -1.40. The number of benzene rings is 1. The number of thiocarbonyl (C=S) groups is 1. The summed E-state index contributed by atoms with van der Waals surface area (Å²) in [6.07, 6.45) is 1.90. The van der Waals surface area contributed by atoms with Gasteiger partial charge < -0.3 is 16.0 Å². The van der Waals surface area contributed by atoms with Crippen molar-refractivity contribution in [2.24, 2.45) is 5.73 Å². The lowest BCUT2D eigenvalue weighted by atomic mass is 9.95. The molecule has 1 aliphatic rings. The Labute approximate surface area is 132 Å². The van der Waals surface area contributed by atoms with E-state index in [0.717, 1.165) is 24.4 Å². The summed E-state index contributed by atoms with van der Waals surface area (Å²) < 4.78 is 0. The van der Waals surface area contributed by atoms with Crippen LogP contribution in [0.2, 0.25) is 0 Å². The Balaban J connectivity index is 1.93. The van der Waals surface area contributed by atoms with E-state index in [-0.39, 0.29) is 11.9 Å². The van der Waals surface area contributed by atoms with Gasteiger partial charge in [0.2, 0.25) is 5.91 Å². The van der Waals surface area contributed by atoms with Crippen molar-refractivity contribution in [3.63, 3.8) is 0 Å². The first-order chi connectivity index (χ1) is 9.99. The van der Waals surface area contributed by atoms with Gasteiger partial charge in [0.05, 0.1) is 17.1 Å². The molecule has 1 aliphatic heterocycles. The van der Waals surface area contributed by atoms with E-state index < -0.39 is 6.04 Å². The highest BCUT2D eigenvalue weighted by Crippen LogP contribution is 2.19. The van der Waals surface area contributed by atoms with E-state index in [9.17, 15) is 4.79 Å². The first-order valence-corrected chi connectivity index (χ1v) is 7.79. The number of nitrogens with zero attached hydrogens (tertiary/aromatic N) is 1. The largest absolute Gasteiger partial charge is 0.374 e. The molecule has 1 aromatic carbocycles. The summed E-state index contributed by atoms with van der Waals surface area (Å²) in [6, 6.07) is 7.87. The maximum atomic E-state index is 12.1. The molecule has 0 spiro atoms. The Bertz CT molecular complexity index is 518. The zero-order chi connectivity index (χ0) is 15.4. The average molecular weight is 303 g/mol. The Morgan fingerprint density at radius 2 is 2.19 bits per heavy atom. The maximum Gasteiger partial charge on any atom is 0.239 e. The van der Waals surface area contributed by atoms with Gasteiger partial charge in [-0.25, -0.2) is 0 Å². The van der Waals surface area contributed by atoms with Crippen molar-refractivity contribution in [3.05, 3.63) is 29.8 Å². The van der Waals surface area contributed by atoms with E-state index in [1.165, 1.54) is 11.0 Å². The van der Waals surface area contributed by atoms with Crippen LogP contribution in [0.25, 0.3) is 0 Å². The normalized spacial score (nSPS) is 19.3. The highest BCUT2D eigenvalue weighted by molar-refractivity contribution is 7.80. The zero-order valence-electron chi connectivity index (χ0n) is 12.6. The molecule has 1 fully saturated rings. The number of hydrogen-bond donors (Lipinski definition) is 2. The standard InChI is InChI=1S/C15H22BN3OS/c1-10(17)15(20)19-8-2-3-13(19)14(21)18-9-11-4-6-12(16)7-5-11/h4-7,10,13H,2-3,8-9,16-17H2,1H3,(H,18,21)/t10-,13-/m0/s1. The second-order valence-electron chi connectivity index (χ2n) is 5.68. The van der Waals surface area contributed by atoms with Crippen LogP contribution in [0.15, 0.2) is 24.3 Å². The Kier molecular flexibility index (Phi) is 5.36. The van der Waals surface area contributed by atoms with Crippen LogP contribution in [-0.4, -0.2) is 42.3 Å². The first kappa shape index (κ1) is 16.0. The van der Waals surface area contributed by atoms with Crippen molar-refractivity contribution in [1.82, 2.24) is 10.2 Å². The highest BCUT2D eigenvalue weighted by Gasteiger charge is 2.32. The number of nitrogens with one attached hydrogen (secondary N) is 1. The van der Waals surface area contributed by atoms with Crippen LogP contribution in [0.1, 0.15) is 25.3 Å². The molecule has 3 N–H and O–H groups in total. The molecule has 0 unspecified atom stereocenters. The predicted molar refractivity (Wildman–Crippen MR) is 92.4 cm³/mol. The van der Waals surface area contributed by atoms with Crippen LogP contribution in [-0.2, 0) is 11.3 Å². The molecular weight excluding hydrogens is 281 g/mol. The van der Waals surface area contributed by atoms with Crippen molar-refractivity contribution in [1.29, 1.82) is 0 Å². The number of carbonyl (C=O) groups excluding carboxylic acids is 1. The number of likely N-dealkylation sites (tertiary alicyclic amines) is 1. The molecule has 1 saturated heterocycles. The smallest absolute Gasteiger partial charge is 0.239 e. The van der Waals surface area contributed by atoms with Gasteiger partial charge in [-0.1, -0.05) is 41.9 Å². The van der Waals surface area contributed by atoms with Crippen LogP contribution in [0.4, 0.5) is 0 Å². The third-order valence-electron chi connectivity index (χ3n) is 3.82. The minimum atomic E-state index is -0.467. The fraction of sp³-hybridized carbons (Fsp3) is 0.467. The summed E-state index contributed by atoms with van der Waals surface area (Å²) in [5.41, 5.74) is 8.13. The van der Waals surface area contributed by atoms with Gasteiger partial charge in [0, 0.05) is 13.1 Å². The molecular formula is C15H22BN3OS. The van der Waals surface area contributed by atoms with E-state index in [4.69, 9.17) is 18.0 Å². The SMILES string of the molecule is Bc1ccc(CNC(=S)[C@@H]2CCCN2C(=O)[C@H](C)N)cc1.